The van der Waals surface area contributed by atoms with Gasteiger partial charge >= 0.3 is 0 Å². The summed E-state index contributed by atoms with van der Waals surface area (Å²) in [7, 11) is 0. The minimum absolute atomic E-state index is 0.0814. The number of pyridine rings is 1. The first-order valence-corrected chi connectivity index (χ1v) is 8.79. The summed E-state index contributed by atoms with van der Waals surface area (Å²) in [6.07, 6.45) is 0. The number of aromatic amines is 1. The molecule has 0 radical (unpaired) electrons. The van der Waals surface area contributed by atoms with E-state index in [1.54, 1.807) is 23.9 Å². The summed E-state index contributed by atoms with van der Waals surface area (Å²) in [5.74, 6) is 1.57. The van der Waals surface area contributed by atoms with Crippen LogP contribution in [0.3, 0.4) is 0 Å². The third kappa shape index (κ3) is 3.32. The summed E-state index contributed by atoms with van der Waals surface area (Å²) < 4.78 is 5.73. The van der Waals surface area contributed by atoms with Gasteiger partial charge in [-0.1, -0.05) is 30.8 Å². The summed E-state index contributed by atoms with van der Waals surface area (Å²) in [5, 5.41) is 10.2. The van der Waals surface area contributed by atoms with Crippen molar-refractivity contribution in [2.75, 3.05) is 11.5 Å². The van der Waals surface area contributed by atoms with Crippen molar-refractivity contribution in [2.24, 2.45) is 0 Å². The van der Waals surface area contributed by atoms with Crippen LogP contribution in [0.4, 0.5) is 5.69 Å². The molecule has 0 amide bonds. The molecule has 3 N–H and O–H groups in total. The lowest BCUT2D eigenvalue weighted by atomic mass is 10.0. The zero-order valence-electron chi connectivity index (χ0n) is 13.9. The molecule has 0 spiro atoms. The molecule has 0 saturated heterocycles. The van der Waals surface area contributed by atoms with Gasteiger partial charge in [0, 0.05) is 22.5 Å². The maximum atomic E-state index is 12.4. The summed E-state index contributed by atoms with van der Waals surface area (Å²) in [6.45, 7) is 3.87. The number of benzene rings is 1. The molecule has 0 unspecified atom stereocenters. The van der Waals surface area contributed by atoms with Crippen LogP contribution in [0.5, 0.6) is 0 Å². The monoisotopic (exact) mass is 351 g/mol. The number of aryl methyl sites for hydroxylation is 1. The molecular formula is C19H17N3O2S. The van der Waals surface area contributed by atoms with Gasteiger partial charge in [-0.15, -0.1) is 0 Å². The molecule has 2 aromatic heterocycles. The normalized spacial score (nSPS) is 10.6. The molecule has 3 rings (SSSR count). The van der Waals surface area contributed by atoms with E-state index in [-0.39, 0.29) is 5.56 Å². The molecule has 1 aromatic carbocycles. The standard InChI is InChI=1S/C19H17N3O2S/c1-3-25-19-15(8-11(2)24-19)14-9-17(22-18(23)16(14)10-20)12-4-6-13(21)7-5-12/h4-9H,3,21H2,1-2H3,(H,22,23). The van der Waals surface area contributed by atoms with Crippen molar-refractivity contribution in [3.8, 4) is 28.5 Å². The van der Waals surface area contributed by atoms with Gasteiger partial charge in [-0.05, 0) is 42.5 Å². The fourth-order valence-corrected chi connectivity index (χ4v) is 3.40. The Bertz CT molecular complexity index is 1010. The van der Waals surface area contributed by atoms with Gasteiger partial charge in [-0.25, -0.2) is 0 Å². The smallest absolute Gasteiger partial charge is 0.266 e. The highest BCUT2D eigenvalue weighted by atomic mass is 32.2. The average molecular weight is 351 g/mol. The maximum Gasteiger partial charge on any atom is 0.266 e. The largest absolute Gasteiger partial charge is 0.455 e. The predicted octanol–water partition coefficient (Wildman–Crippen LogP) is 4.18. The first-order valence-electron chi connectivity index (χ1n) is 7.80. The number of H-pyrrole nitrogens is 1. The van der Waals surface area contributed by atoms with Crippen LogP contribution >= 0.6 is 11.8 Å². The molecule has 126 valence electrons. The van der Waals surface area contributed by atoms with Gasteiger partial charge in [0.15, 0.2) is 5.09 Å². The van der Waals surface area contributed by atoms with E-state index >= 15 is 0 Å². The maximum absolute atomic E-state index is 12.4. The second kappa shape index (κ2) is 6.91. The number of nitriles is 1. The number of hydrogen-bond acceptors (Lipinski definition) is 5. The number of aromatic nitrogens is 1. The molecule has 0 fully saturated rings. The van der Waals surface area contributed by atoms with Crippen LogP contribution in [0.1, 0.15) is 18.2 Å². The first-order chi connectivity index (χ1) is 12.0. The molecule has 3 aromatic rings. The summed E-state index contributed by atoms with van der Waals surface area (Å²) >= 11 is 1.54. The van der Waals surface area contributed by atoms with E-state index in [2.05, 4.69) is 4.98 Å². The second-order valence-electron chi connectivity index (χ2n) is 5.53. The number of anilines is 1. The zero-order chi connectivity index (χ0) is 18.0. The van der Waals surface area contributed by atoms with Crippen LogP contribution < -0.4 is 11.3 Å². The Morgan fingerprint density at radius 3 is 2.60 bits per heavy atom. The number of nitrogens with zero attached hydrogens (tertiary/aromatic N) is 1. The van der Waals surface area contributed by atoms with E-state index in [0.717, 1.165) is 22.6 Å². The summed E-state index contributed by atoms with van der Waals surface area (Å²) in [5.41, 5.74) is 8.83. The molecular weight excluding hydrogens is 334 g/mol. The molecule has 0 bridgehead atoms. The number of nitrogen functional groups attached to an aromatic ring is 1. The number of thioether (sulfide) groups is 1. The van der Waals surface area contributed by atoms with Gasteiger partial charge in [-0.3, -0.25) is 4.79 Å². The highest BCUT2D eigenvalue weighted by Gasteiger charge is 2.18. The Labute approximate surface area is 149 Å². The Kier molecular flexibility index (Phi) is 4.68. The van der Waals surface area contributed by atoms with E-state index < -0.39 is 5.56 Å². The van der Waals surface area contributed by atoms with Crippen molar-refractivity contribution in [1.29, 1.82) is 5.26 Å². The van der Waals surface area contributed by atoms with Crippen molar-refractivity contribution in [3.63, 3.8) is 0 Å². The van der Waals surface area contributed by atoms with E-state index in [1.165, 1.54) is 0 Å². The lowest BCUT2D eigenvalue weighted by Gasteiger charge is -2.08. The lowest BCUT2D eigenvalue weighted by molar-refractivity contribution is 0.450. The summed E-state index contributed by atoms with van der Waals surface area (Å²) in [6, 6.07) is 12.9. The van der Waals surface area contributed by atoms with E-state index in [0.29, 0.717) is 22.0 Å². The van der Waals surface area contributed by atoms with E-state index in [4.69, 9.17) is 10.2 Å². The Hall–Kier alpha value is -2.91. The Morgan fingerprint density at radius 2 is 1.96 bits per heavy atom. The second-order valence-corrected chi connectivity index (χ2v) is 6.76. The van der Waals surface area contributed by atoms with Crippen LogP contribution in [0.25, 0.3) is 22.4 Å². The van der Waals surface area contributed by atoms with Gasteiger partial charge in [-0.2, -0.15) is 5.26 Å². The fourth-order valence-electron chi connectivity index (χ4n) is 2.62. The minimum Gasteiger partial charge on any atom is -0.455 e. The van der Waals surface area contributed by atoms with Crippen molar-refractivity contribution in [2.45, 2.75) is 18.9 Å². The number of nitrogens with one attached hydrogen (secondary N) is 1. The highest BCUT2D eigenvalue weighted by Crippen LogP contribution is 2.36. The zero-order valence-corrected chi connectivity index (χ0v) is 14.7. The van der Waals surface area contributed by atoms with Crippen LogP contribution in [0.2, 0.25) is 0 Å². The lowest BCUT2D eigenvalue weighted by Crippen LogP contribution is -2.12. The fraction of sp³-hybridized carbons (Fsp3) is 0.158. The molecule has 0 saturated carbocycles. The molecule has 2 heterocycles. The third-order valence-electron chi connectivity index (χ3n) is 3.75. The molecule has 0 aliphatic heterocycles. The number of furan rings is 1. The third-order valence-corrected chi connectivity index (χ3v) is 4.61. The number of nitrogens with two attached hydrogens (primary N) is 1. The minimum atomic E-state index is -0.418. The molecule has 0 atom stereocenters. The highest BCUT2D eigenvalue weighted by molar-refractivity contribution is 7.99. The van der Waals surface area contributed by atoms with Crippen LogP contribution in [-0.2, 0) is 0 Å². The molecule has 6 heteroatoms. The van der Waals surface area contributed by atoms with Gasteiger partial charge in [0.2, 0.25) is 0 Å². The predicted molar refractivity (Wildman–Crippen MR) is 100 cm³/mol. The number of rotatable bonds is 4. The first kappa shape index (κ1) is 16.9. The number of hydrogen-bond donors (Lipinski definition) is 2. The Morgan fingerprint density at radius 1 is 1.24 bits per heavy atom. The van der Waals surface area contributed by atoms with E-state index in [9.17, 15) is 10.1 Å². The molecule has 5 nitrogen and oxygen atoms in total. The van der Waals surface area contributed by atoms with Crippen molar-refractivity contribution < 1.29 is 4.42 Å². The summed E-state index contributed by atoms with van der Waals surface area (Å²) in [4.78, 5) is 15.2. The quantitative estimate of drug-likeness (QED) is 0.543. The molecule has 0 aliphatic carbocycles. The van der Waals surface area contributed by atoms with Crippen molar-refractivity contribution in [3.05, 3.63) is 58.1 Å². The molecule has 0 aliphatic rings. The van der Waals surface area contributed by atoms with Crippen LogP contribution in [0, 0.1) is 18.3 Å². The Balaban J connectivity index is 2.24. The molecule has 25 heavy (non-hydrogen) atoms. The average Bonchev–Trinajstić information content (AvgIpc) is 2.95. The SMILES string of the molecule is CCSc1oc(C)cc1-c1cc(-c2ccc(N)cc2)[nH]c(=O)c1C#N. The van der Waals surface area contributed by atoms with Gasteiger partial charge < -0.3 is 15.1 Å². The topological polar surface area (TPSA) is 95.8 Å². The van der Waals surface area contributed by atoms with Crippen molar-refractivity contribution >= 4 is 17.4 Å². The van der Waals surface area contributed by atoms with Gasteiger partial charge in [0.1, 0.15) is 17.4 Å². The van der Waals surface area contributed by atoms with Gasteiger partial charge in [0.05, 0.1) is 0 Å². The van der Waals surface area contributed by atoms with Gasteiger partial charge in [0.25, 0.3) is 5.56 Å². The van der Waals surface area contributed by atoms with E-state index in [1.807, 2.05) is 44.2 Å². The van der Waals surface area contributed by atoms with Crippen molar-refractivity contribution in [1.82, 2.24) is 4.98 Å². The van der Waals surface area contributed by atoms with Crippen LogP contribution in [-0.4, -0.2) is 10.7 Å². The van der Waals surface area contributed by atoms with Crippen LogP contribution in [0.15, 0.2) is 50.7 Å².